The number of ether oxygens (including phenoxy) is 1. The van der Waals surface area contributed by atoms with Crippen LogP contribution in [-0.4, -0.2) is 43.4 Å². The fraction of sp³-hybridized carbons (Fsp3) is 1.00. The molecule has 0 spiro atoms. The van der Waals surface area contributed by atoms with Crippen LogP contribution < -0.4 is 0 Å². The van der Waals surface area contributed by atoms with Crippen LogP contribution in [0.15, 0.2) is 0 Å². The molecule has 0 radical (unpaired) electrons. The summed E-state index contributed by atoms with van der Waals surface area (Å²) in [5, 5.41) is 0. The molecule has 0 bridgehead atoms. The molecule has 1 saturated heterocycles. The lowest BCUT2D eigenvalue weighted by molar-refractivity contribution is -0.944. The standard InChI is InChI=1S/C18H36NO/c1-17-16-19(2,14-15-20-17)18-12-10-8-6-4-3-5-7-9-11-13-18/h17-18H,3-16H2,1-2H3/q+1. The minimum atomic E-state index is 0.454. The Hall–Kier alpha value is -0.0800. The van der Waals surface area contributed by atoms with E-state index in [0.29, 0.717) is 6.10 Å². The van der Waals surface area contributed by atoms with Crippen LogP contribution >= 0.6 is 0 Å². The molecule has 2 nitrogen and oxygen atoms in total. The lowest BCUT2D eigenvalue weighted by Crippen LogP contribution is -2.60. The summed E-state index contributed by atoms with van der Waals surface area (Å²) in [4.78, 5) is 0. The molecule has 1 heterocycles. The van der Waals surface area contributed by atoms with Crippen molar-refractivity contribution in [3.63, 3.8) is 0 Å². The van der Waals surface area contributed by atoms with E-state index in [2.05, 4.69) is 14.0 Å². The van der Waals surface area contributed by atoms with Crippen molar-refractivity contribution in [3.05, 3.63) is 0 Å². The van der Waals surface area contributed by atoms with E-state index < -0.39 is 0 Å². The van der Waals surface area contributed by atoms with Gasteiger partial charge in [-0.25, -0.2) is 0 Å². The van der Waals surface area contributed by atoms with E-state index >= 15 is 0 Å². The molecule has 2 unspecified atom stereocenters. The van der Waals surface area contributed by atoms with E-state index in [1.807, 2.05) is 0 Å². The molecular weight excluding hydrogens is 246 g/mol. The van der Waals surface area contributed by atoms with Crippen LogP contribution in [0.2, 0.25) is 0 Å². The van der Waals surface area contributed by atoms with Gasteiger partial charge in [-0.3, -0.25) is 0 Å². The zero-order valence-electron chi connectivity index (χ0n) is 13.9. The molecule has 20 heavy (non-hydrogen) atoms. The molecule has 0 amide bonds. The van der Waals surface area contributed by atoms with Gasteiger partial charge < -0.3 is 9.22 Å². The Morgan fingerprint density at radius 2 is 1.30 bits per heavy atom. The van der Waals surface area contributed by atoms with Crippen LogP contribution in [0.4, 0.5) is 0 Å². The van der Waals surface area contributed by atoms with Crippen LogP contribution in [0.3, 0.4) is 0 Å². The topological polar surface area (TPSA) is 9.23 Å². The third-order valence-electron chi connectivity index (χ3n) is 5.63. The Morgan fingerprint density at radius 3 is 1.80 bits per heavy atom. The molecule has 0 N–H and O–H groups in total. The summed E-state index contributed by atoms with van der Waals surface area (Å²) in [6, 6.07) is 0.890. The number of hydrogen-bond donors (Lipinski definition) is 0. The Labute approximate surface area is 126 Å². The Kier molecular flexibility index (Phi) is 6.83. The molecule has 1 saturated carbocycles. The predicted octanol–water partition coefficient (Wildman–Crippen LogP) is 4.53. The monoisotopic (exact) mass is 282 g/mol. The highest BCUT2D eigenvalue weighted by Crippen LogP contribution is 2.27. The molecule has 0 aromatic heterocycles. The first-order valence-corrected chi connectivity index (χ1v) is 9.16. The van der Waals surface area contributed by atoms with Gasteiger partial charge in [0.2, 0.25) is 0 Å². The van der Waals surface area contributed by atoms with Crippen molar-refractivity contribution < 1.29 is 9.22 Å². The molecule has 0 aromatic rings. The largest absolute Gasteiger partial charge is 0.367 e. The van der Waals surface area contributed by atoms with E-state index in [4.69, 9.17) is 4.74 Å². The summed E-state index contributed by atoms with van der Waals surface area (Å²) in [6.45, 7) is 5.68. The molecule has 2 fully saturated rings. The second kappa shape index (κ2) is 8.38. The zero-order valence-corrected chi connectivity index (χ0v) is 13.9. The highest BCUT2D eigenvalue weighted by Gasteiger charge is 2.36. The lowest BCUT2D eigenvalue weighted by atomic mass is 9.95. The number of rotatable bonds is 1. The first kappa shape index (κ1) is 16.3. The fourth-order valence-electron chi connectivity index (χ4n) is 4.29. The molecular formula is C18H36NO+. The van der Waals surface area contributed by atoms with Gasteiger partial charge in [-0.2, -0.15) is 0 Å². The SMILES string of the molecule is CC1C[N+](C)(C2CCCCCCCCCCC2)CCO1. The van der Waals surface area contributed by atoms with Gasteiger partial charge in [-0.15, -0.1) is 0 Å². The zero-order chi connectivity index (χ0) is 14.3. The van der Waals surface area contributed by atoms with Gasteiger partial charge in [0.1, 0.15) is 19.2 Å². The molecule has 118 valence electrons. The Bertz CT molecular complexity index is 256. The predicted molar refractivity (Wildman–Crippen MR) is 85.9 cm³/mol. The summed E-state index contributed by atoms with van der Waals surface area (Å²) in [5.74, 6) is 0. The third-order valence-corrected chi connectivity index (χ3v) is 5.63. The lowest BCUT2D eigenvalue weighted by Gasteiger charge is -2.46. The molecule has 2 heteroatoms. The summed E-state index contributed by atoms with van der Waals surface area (Å²) in [6.07, 6.45) is 16.5. The van der Waals surface area contributed by atoms with Crippen LogP contribution in [0.25, 0.3) is 0 Å². The van der Waals surface area contributed by atoms with Gasteiger partial charge in [0.05, 0.1) is 19.7 Å². The number of hydrogen-bond acceptors (Lipinski definition) is 1. The van der Waals surface area contributed by atoms with E-state index in [0.717, 1.165) is 12.6 Å². The second-order valence-electron chi connectivity index (χ2n) is 7.48. The first-order chi connectivity index (χ1) is 9.71. The van der Waals surface area contributed by atoms with Crippen LogP contribution in [0, 0.1) is 0 Å². The van der Waals surface area contributed by atoms with E-state index in [1.165, 1.54) is 88.2 Å². The Morgan fingerprint density at radius 1 is 0.800 bits per heavy atom. The maximum absolute atomic E-state index is 5.79. The highest BCUT2D eigenvalue weighted by atomic mass is 16.5. The quantitative estimate of drug-likeness (QED) is 0.642. The average molecular weight is 282 g/mol. The van der Waals surface area contributed by atoms with Crippen LogP contribution in [0.5, 0.6) is 0 Å². The van der Waals surface area contributed by atoms with E-state index in [9.17, 15) is 0 Å². The highest BCUT2D eigenvalue weighted by molar-refractivity contribution is 4.67. The minimum absolute atomic E-state index is 0.454. The van der Waals surface area contributed by atoms with Gasteiger partial charge in [0.25, 0.3) is 0 Å². The second-order valence-corrected chi connectivity index (χ2v) is 7.48. The van der Waals surface area contributed by atoms with Crippen molar-refractivity contribution in [3.8, 4) is 0 Å². The summed E-state index contributed by atoms with van der Waals surface area (Å²) < 4.78 is 7.06. The Balaban J connectivity index is 1.90. The van der Waals surface area contributed by atoms with Crippen molar-refractivity contribution in [2.45, 2.75) is 89.7 Å². The van der Waals surface area contributed by atoms with Crippen molar-refractivity contribution in [2.75, 3.05) is 26.7 Å². The summed E-state index contributed by atoms with van der Waals surface area (Å²) in [7, 11) is 2.50. The third kappa shape index (κ3) is 5.04. The van der Waals surface area contributed by atoms with Gasteiger partial charge in [0.15, 0.2) is 0 Å². The normalized spacial score (nSPS) is 36.0. The molecule has 0 aromatic carbocycles. The van der Waals surface area contributed by atoms with Gasteiger partial charge in [-0.1, -0.05) is 44.9 Å². The maximum Gasteiger partial charge on any atom is 0.105 e. The first-order valence-electron chi connectivity index (χ1n) is 9.16. The maximum atomic E-state index is 5.79. The summed E-state index contributed by atoms with van der Waals surface area (Å²) >= 11 is 0. The smallest absolute Gasteiger partial charge is 0.105 e. The molecule has 1 aliphatic carbocycles. The van der Waals surface area contributed by atoms with Gasteiger partial charge >= 0.3 is 0 Å². The van der Waals surface area contributed by atoms with Gasteiger partial charge in [-0.05, 0) is 32.6 Å². The molecule has 2 aliphatic rings. The van der Waals surface area contributed by atoms with Crippen LogP contribution in [-0.2, 0) is 4.74 Å². The number of quaternary nitrogens is 1. The van der Waals surface area contributed by atoms with Crippen molar-refractivity contribution in [1.29, 1.82) is 0 Å². The molecule has 1 aliphatic heterocycles. The summed E-state index contributed by atoms with van der Waals surface area (Å²) in [5.41, 5.74) is 0. The van der Waals surface area contributed by atoms with E-state index in [1.54, 1.807) is 0 Å². The number of nitrogens with zero attached hydrogens (tertiary/aromatic N) is 1. The molecule has 2 rings (SSSR count). The van der Waals surface area contributed by atoms with Crippen LogP contribution in [0.1, 0.15) is 77.6 Å². The fourth-order valence-corrected chi connectivity index (χ4v) is 4.29. The van der Waals surface area contributed by atoms with E-state index in [-0.39, 0.29) is 0 Å². The van der Waals surface area contributed by atoms with Gasteiger partial charge in [0, 0.05) is 0 Å². The minimum Gasteiger partial charge on any atom is -0.367 e. The average Bonchev–Trinajstić information content (AvgIpc) is 2.38. The molecule has 2 atom stereocenters. The van der Waals surface area contributed by atoms with Crippen molar-refractivity contribution >= 4 is 0 Å². The number of morpholine rings is 1. The number of likely N-dealkylation sites (N-methyl/N-ethyl adjacent to an activating group) is 1. The van der Waals surface area contributed by atoms with Crippen molar-refractivity contribution in [1.82, 2.24) is 0 Å². The van der Waals surface area contributed by atoms with Crippen molar-refractivity contribution in [2.24, 2.45) is 0 Å².